The van der Waals surface area contributed by atoms with Crippen molar-refractivity contribution in [2.75, 3.05) is 11.9 Å². The normalized spacial score (nSPS) is 9.94. The second-order valence-corrected chi connectivity index (χ2v) is 7.89. The molecule has 0 atom stereocenters. The molecule has 1 aromatic carbocycles. The van der Waals surface area contributed by atoms with E-state index in [4.69, 9.17) is 16.3 Å². The van der Waals surface area contributed by atoms with Crippen LogP contribution in [-0.2, 0) is 4.74 Å². The van der Waals surface area contributed by atoms with Gasteiger partial charge in [-0.15, -0.1) is 0 Å². The Kier molecular flexibility index (Phi) is 6.71. The van der Waals surface area contributed by atoms with Crippen molar-refractivity contribution < 1.29 is 9.53 Å². The van der Waals surface area contributed by atoms with Gasteiger partial charge in [0.25, 0.3) is 0 Å². The lowest BCUT2D eigenvalue weighted by Crippen LogP contribution is -2.13. The first-order chi connectivity index (χ1) is 7.67. The molecule has 0 unspecified atom stereocenters. The zero-order valence-electron chi connectivity index (χ0n) is 8.33. The van der Waals surface area contributed by atoms with E-state index in [2.05, 4.69) is 26.5 Å². The third-order valence-electron chi connectivity index (χ3n) is 1.57. The lowest BCUT2D eigenvalue weighted by molar-refractivity contribution is 0.168. The van der Waals surface area contributed by atoms with E-state index in [9.17, 15) is 4.79 Å². The molecule has 1 aromatic rings. The van der Waals surface area contributed by atoms with Gasteiger partial charge in [-0.25, -0.2) is 4.79 Å². The number of hydrogen-bond donors (Lipinski definition) is 1. The van der Waals surface area contributed by atoms with Gasteiger partial charge in [0.05, 0.1) is 11.6 Å². The van der Waals surface area contributed by atoms with Gasteiger partial charge >= 0.3 is 6.09 Å². The van der Waals surface area contributed by atoms with Crippen LogP contribution in [0.1, 0.15) is 6.92 Å². The molecule has 1 N–H and O–H groups in total. The topological polar surface area (TPSA) is 38.3 Å². The number of amides is 1. The molecule has 0 spiro atoms. The molecule has 0 saturated heterocycles. The molecule has 7 heteroatoms. The molecule has 0 saturated carbocycles. The van der Waals surface area contributed by atoms with Gasteiger partial charge in [-0.2, -0.15) is 0 Å². The first-order valence-corrected chi connectivity index (χ1v) is 9.43. The molecule has 3 nitrogen and oxygen atoms in total. The Balaban J connectivity index is 2.69. The number of anilines is 1. The average molecular weight is 390 g/mol. The molecule has 0 fully saturated rings. The molecule has 0 bridgehead atoms. The van der Waals surface area contributed by atoms with Crippen LogP contribution in [-0.4, -0.2) is 12.7 Å². The fraction of sp³-hybridized carbons (Fsp3) is 0.222. The van der Waals surface area contributed by atoms with E-state index in [1.54, 1.807) is 37.8 Å². The lowest BCUT2D eigenvalue weighted by Gasteiger charge is -2.07. The maximum Gasteiger partial charge on any atom is 0.411 e. The van der Waals surface area contributed by atoms with Gasteiger partial charge in [-0.1, -0.05) is 11.6 Å². The summed E-state index contributed by atoms with van der Waals surface area (Å²) in [7, 11) is 3.15. The van der Waals surface area contributed by atoms with Crippen molar-refractivity contribution in [1.29, 1.82) is 0 Å². The van der Waals surface area contributed by atoms with Crippen molar-refractivity contribution in [2.24, 2.45) is 0 Å². The second-order valence-electron chi connectivity index (χ2n) is 2.64. The molecule has 0 aliphatic heterocycles. The largest absolute Gasteiger partial charge is 0.450 e. The zero-order chi connectivity index (χ0) is 12.0. The summed E-state index contributed by atoms with van der Waals surface area (Å²) in [6.45, 7) is 2.10. The summed E-state index contributed by atoms with van der Waals surface area (Å²) >= 11 is 8.22. The van der Waals surface area contributed by atoms with Gasteiger partial charge in [0, 0.05) is 31.8 Å². The monoisotopic (exact) mass is 389 g/mol. The van der Waals surface area contributed by atoms with Crippen molar-refractivity contribution in [1.82, 2.24) is 0 Å². The van der Waals surface area contributed by atoms with E-state index in [0.717, 1.165) is 4.90 Å². The van der Waals surface area contributed by atoms with Gasteiger partial charge in [0.2, 0.25) is 0 Å². The van der Waals surface area contributed by atoms with Crippen LogP contribution in [0.3, 0.4) is 0 Å². The van der Waals surface area contributed by atoms with E-state index in [1.165, 1.54) is 0 Å². The van der Waals surface area contributed by atoms with Crippen molar-refractivity contribution in [3.05, 3.63) is 23.2 Å². The number of halogens is 2. The average Bonchev–Trinajstić information content (AvgIpc) is 2.22. The van der Waals surface area contributed by atoms with Crippen LogP contribution < -0.4 is 5.32 Å². The van der Waals surface area contributed by atoms with Crippen LogP contribution in [0.25, 0.3) is 0 Å². The van der Waals surface area contributed by atoms with E-state index in [-0.39, 0.29) is 0 Å². The quantitative estimate of drug-likeness (QED) is 0.581. The van der Waals surface area contributed by atoms with Crippen molar-refractivity contribution in [3.8, 4) is 0 Å². The number of carbonyl (C=O) groups excluding carboxylic acids is 1. The number of hydrogen-bond acceptors (Lipinski definition) is 4. The minimum Gasteiger partial charge on any atom is -0.450 e. The Morgan fingerprint density at radius 1 is 1.62 bits per heavy atom. The maximum atomic E-state index is 11.1. The molecule has 0 aliphatic rings. The van der Waals surface area contributed by atoms with Gasteiger partial charge in [-0.3, -0.25) is 5.32 Å². The summed E-state index contributed by atoms with van der Waals surface area (Å²) in [5, 5.41) is 3.20. The first kappa shape index (κ1) is 14.3. The van der Waals surface area contributed by atoms with Crippen molar-refractivity contribution >= 4 is 63.3 Å². The van der Waals surface area contributed by atoms with E-state index >= 15 is 0 Å². The minimum atomic E-state index is -0.470. The Hall–Kier alpha value is 0.210. The Bertz CT molecular complexity index is 379. The molecular weight excluding hydrogens is 381 g/mol. The molecule has 88 valence electrons. The van der Waals surface area contributed by atoms with E-state index < -0.39 is 6.09 Å². The number of nitrogens with one attached hydrogen (secondary N) is 1. The van der Waals surface area contributed by atoms with Crippen LogP contribution in [0.4, 0.5) is 10.5 Å². The molecule has 0 aromatic heterocycles. The third kappa shape index (κ3) is 4.60. The first-order valence-electron chi connectivity index (χ1n) is 4.36. The zero-order valence-corrected chi connectivity index (χ0v) is 12.9. The van der Waals surface area contributed by atoms with Crippen LogP contribution >= 0.6 is 51.6 Å². The molecular formula is C9H9ClINO2S2. The van der Waals surface area contributed by atoms with Gasteiger partial charge in [-0.05, 0) is 43.9 Å². The van der Waals surface area contributed by atoms with E-state index in [0.29, 0.717) is 17.3 Å². The van der Waals surface area contributed by atoms with Crippen LogP contribution in [0.15, 0.2) is 23.1 Å². The van der Waals surface area contributed by atoms with Crippen LogP contribution in [0.5, 0.6) is 0 Å². The van der Waals surface area contributed by atoms with Gasteiger partial charge in [0.15, 0.2) is 0 Å². The van der Waals surface area contributed by atoms with Gasteiger partial charge in [0.1, 0.15) is 0 Å². The summed E-state index contributed by atoms with van der Waals surface area (Å²) in [6.07, 6.45) is -0.470. The summed E-state index contributed by atoms with van der Waals surface area (Å²) in [5.41, 5.74) is 0.631. The van der Waals surface area contributed by atoms with Crippen LogP contribution in [0, 0.1) is 0 Å². The molecule has 1 rings (SSSR count). The molecule has 0 radical (unpaired) electrons. The fourth-order valence-corrected chi connectivity index (χ4v) is 4.11. The fourth-order valence-electron chi connectivity index (χ4n) is 0.965. The molecule has 1 amide bonds. The molecule has 0 aliphatic carbocycles. The minimum absolute atomic E-state index is 0.346. The standard InChI is InChI=1S/C9H9ClINO2S2/c1-2-14-9(13)12-6-3-4-8(15-16-11)7(10)5-6/h3-5H,2H2,1H3,(H,12,13). The van der Waals surface area contributed by atoms with Crippen LogP contribution in [0.2, 0.25) is 5.02 Å². The number of benzene rings is 1. The summed E-state index contributed by atoms with van der Waals surface area (Å²) in [6, 6.07) is 5.35. The molecule has 0 heterocycles. The van der Waals surface area contributed by atoms with E-state index in [1.807, 2.05) is 6.07 Å². The highest BCUT2D eigenvalue weighted by atomic mass is 127. The Morgan fingerprint density at radius 3 is 2.94 bits per heavy atom. The highest BCUT2D eigenvalue weighted by molar-refractivity contribution is 14.2. The predicted octanol–water partition coefficient (Wildman–Crippen LogP) is 5.00. The maximum absolute atomic E-state index is 11.1. The Morgan fingerprint density at radius 2 is 2.38 bits per heavy atom. The van der Waals surface area contributed by atoms with Gasteiger partial charge < -0.3 is 4.74 Å². The summed E-state index contributed by atoms with van der Waals surface area (Å²) in [4.78, 5) is 12.1. The predicted molar refractivity (Wildman–Crippen MR) is 79.6 cm³/mol. The number of carbonyl (C=O) groups is 1. The Labute approximate surface area is 119 Å². The SMILES string of the molecule is CCOC(=O)Nc1ccc(SSI)c(Cl)c1. The number of rotatable bonds is 4. The number of ether oxygens (including phenoxy) is 1. The lowest BCUT2D eigenvalue weighted by atomic mass is 10.3. The third-order valence-corrected chi connectivity index (χ3v) is 4.94. The smallest absolute Gasteiger partial charge is 0.411 e. The summed E-state index contributed by atoms with van der Waals surface area (Å²) < 4.78 is 4.76. The van der Waals surface area contributed by atoms with Crippen molar-refractivity contribution in [2.45, 2.75) is 11.8 Å². The van der Waals surface area contributed by atoms with Crippen molar-refractivity contribution in [3.63, 3.8) is 0 Å². The second kappa shape index (κ2) is 7.52. The summed E-state index contributed by atoms with van der Waals surface area (Å²) in [5.74, 6) is 0. The highest BCUT2D eigenvalue weighted by Gasteiger charge is 2.05. The molecule has 16 heavy (non-hydrogen) atoms. The highest BCUT2D eigenvalue weighted by Crippen LogP contribution is 2.40.